The third kappa shape index (κ3) is 1.55. The van der Waals surface area contributed by atoms with Crippen molar-refractivity contribution >= 4 is 10.9 Å². The van der Waals surface area contributed by atoms with Crippen molar-refractivity contribution in [2.75, 3.05) is 19.6 Å². The standard InChI is InChI=1S/C19H24N2O/c1-2-12-11-21-7-5-13(12)9-18(21)19-16(6-8-21)15-4-3-14(22)10-17(15)20-19/h3-4,10,12-13,18,20H,2,5-9,11H2,1H3/p+1/t12?,13-,18-,21+/m0/s1. The molecule has 6 rings (SSSR count). The Bertz CT molecular complexity index is 749. The molecule has 0 saturated carbocycles. The average molecular weight is 297 g/mol. The van der Waals surface area contributed by atoms with Crippen LogP contribution in [0, 0.1) is 11.8 Å². The molecule has 1 spiro atoms. The molecule has 2 N–H and O–H groups in total. The highest BCUT2D eigenvalue weighted by atomic mass is 16.3. The summed E-state index contributed by atoms with van der Waals surface area (Å²) in [6, 6.07) is 6.50. The molecule has 1 unspecified atom stereocenters. The second-order valence-corrected chi connectivity index (χ2v) is 7.81. The normalized spacial score (nSPS) is 36.3. The minimum atomic E-state index is 0.367. The van der Waals surface area contributed by atoms with Crippen molar-refractivity contribution in [3.05, 3.63) is 29.5 Å². The Morgan fingerprint density at radius 2 is 2.23 bits per heavy atom. The van der Waals surface area contributed by atoms with Crippen molar-refractivity contribution in [2.45, 2.75) is 38.6 Å². The number of phenols is 1. The van der Waals surface area contributed by atoms with Crippen molar-refractivity contribution in [1.82, 2.24) is 4.98 Å². The number of fused-ring (bicyclic) bond motifs is 5. The van der Waals surface area contributed by atoms with E-state index in [0.717, 1.165) is 17.4 Å². The van der Waals surface area contributed by atoms with Gasteiger partial charge in [-0.1, -0.05) is 6.92 Å². The third-order valence-corrected chi connectivity index (χ3v) is 6.98. The van der Waals surface area contributed by atoms with Gasteiger partial charge in [0.05, 0.1) is 25.3 Å². The van der Waals surface area contributed by atoms with Crippen LogP contribution in [0.15, 0.2) is 18.2 Å². The minimum Gasteiger partial charge on any atom is -0.508 e. The molecule has 3 fully saturated rings. The maximum atomic E-state index is 9.77. The van der Waals surface area contributed by atoms with Crippen molar-refractivity contribution in [1.29, 1.82) is 0 Å². The predicted molar refractivity (Wildman–Crippen MR) is 87.8 cm³/mol. The quantitative estimate of drug-likeness (QED) is 0.773. The molecule has 3 saturated heterocycles. The van der Waals surface area contributed by atoms with Gasteiger partial charge in [0, 0.05) is 42.1 Å². The molecule has 1 aromatic heterocycles. The number of H-pyrrole nitrogens is 1. The SMILES string of the molecule is CCC1C[N@@+]23CCc4c([nH]c5cc(O)ccc45)[C@@H]2C[C@@H]1CC3. The number of hydrogen-bond acceptors (Lipinski definition) is 1. The Morgan fingerprint density at radius 1 is 1.32 bits per heavy atom. The fourth-order valence-corrected chi connectivity index (χ4v) is 5.84. The van der Waals surface area contributed by atoms with Crippen LogP contribution in [0.3, 0.4) is 0 Å². The van der Waals surface area contributed by atoms with E-state index in [2.05, 4.69) is 18.0 Å². The molecule has 3 heteroatoms. The molecule has 0 amide bonds. The first-order valence-electron chi connectivity index (χ1n) is 8.89. The summed E-state index contributed by atoms with van der Waals surface area (Å²) < 4.78 is 1.33. The van der Waals surface area contributed by atoms with Crippen molar-refractivity contribution in [2.24, 2.45) is 11.8 Å². The van der Waals surface area contributed by atoms with E-state index in [4.69, 9.17) is 0 Å². The topological polar surface area (TPSA) is 36.0 Å². The summed E-state index contributed by atoms with van der Waals surface area (Å²) in [7, 11) is 0. The minimum absolute atomic E-state index is 0.367. The maximum Gasteiger partial charge on any atom is 0.130 e. The van der Waals surface area contributed by atoms with Gasteiger partial charge >= 0.3 is 0 Å². The Labute approximate surface area is 131 Å². The van der Waals surface area contributed by atoms with Gasteiger partial charge in [0.25, 0.3) is 0 Å². The van der Waals surface area contributed by atoms with Crippen LogP contribution in [0.25, 0.3) is 10.9 Å². The van der Waals surface area contributed by atoms with Crippen LogP contribution in [0.1, 0.15) is 43.5 Å². The molecule has 1 aromatic carbocycles. The number of benzene rings is 1. The zero-order valence-electron chi connectivity index (χ0n) is 13.3. The summed E-state index contributed by atoms with van der Waals surface area (Å²) in [4.78, 5) is 3.69. The Kier molecular flexibility index (Phi) is 2.53. The second kappa shape index (κ2) is 4.29. The largest absolute Gasteiger partial charge is 0.508 e. The fraction of sp³-hybridized carbons (Fsp3) is 0.579. The lowest BCUT2D eigenvalue weighted by atomic mass is 9.70. The summed E-state index contributed by atoms with van der Waals surface area (Å²) in [5.74, 6) is 2.24. The number of phenolic OH excluding ortho intramolecular Hbond substituents is 1. The molecule has 2 bridgehead atoms. The van der Waals surface area contributed by atoms with Gasteiger partial charge in [0.1, 0.15) is 11.8 Å². The lowest BCUT2D eigenvalue weighted by molar-refractivity contribution is -0.978. The summed E-state index contributed by atoms with van der Waals surface area (Å²) in [5.41, 5.74) is 4.15. The van der Waals surface area contributed by atoms with E-state index in [1.807, 2.05) is 12.1 Å². The molecule has 4 atom stereocenters. The van der Waals surface area contributed by atoms with E-state index in [1.54, 1.807) is 0 Å². The van der Waals surface area contributed by atoms with E-state index in [9.17, 15) is 5.11 Å². The molecule has 5 heterocycles. The first-order valence-corrected chi connectivity index (χ1v) is 8.89. The molecule has 116 valence electrons. The number of piperidine rings is 3. The number of nitrogens with zero attached hydrogens (tertiary/aromatic N) is 1. The summed E-state index contributed by atoms with van der Waals surface area (Å²) in [6.07, 6.45) is 5.35. The van der Waals surface area contributed by atoms with Gasteiger partial charge < -0.3 is 14.6 Å². The number of quaternary nitrogens is 1. The van der Waals surface area contributed by atoms with Crippen LogP contribution in [-0.2, 0) is 6.42 Å². The van der Waals surface area contributed by atoms with Gasteiger partial charge in [-0.15, -0.1) is 0 Å². The number of hydrogen-bond donors (Lipinski definition) is 2. The zero-order valence-corrected chi connectivity index (χ0v) is 13.3. The van der Waals surface area contributed by atoms with Crippen LogP contribution in [-0.4, -0.2) is 34.2 Å². The molecule has 0 radical (unpaired) electrons. The van der Waals surface area contributed by atoms with Crippen molar-refractivity contribution in [3.8, 4) is 5.75 Å². The molecular weight excluding hydrogens is 272 g/mol. The summed E-state index contributed by atoms with van der Waals surface area (Å²) in [5, 5.41) is 11.1. The molecule has 0 aliphatic carbocycles. The van der Waals surface area contributed by atoms with E-state index in [0.29, 0.717) is 11.8 Å². The van der Waals surface area contributed by atoms with Crippen molar-refractivity contribution < 1.29 is 9.59 Å². The number of rotatable bonds is 1. The van der Waals surface area contributed by atoms with E-state index in [-0.39, 0.29) is 0 Å². The molecule has 2 aromatic rings. The molecule has 4 aliphatic heterocycles. The summed E-state index contributed by atoms with van der Waals surface area (Å²) in [6.45, 7) is 6.47. The van der Waals surface area contributed by atoms with Gasteiger partial charge in [-0.25, -0.2) is 0 Å². The molecular formula is C19H25N2O+. The van der Waals surface area contributed by atoms with Gasteiger partial charge in [0.15, 0.2) is 0 Å². The van der Waals surface area contributed by atoms with Gasteiger partial charge in [-0.05, 0) is 30.0 Å². The van der Waals surface area contributed by atoms with Crippen LogP contribution in [0.5, 0.6) is 5.75 Å². The van der Waals surface area contributed by atoms with Gasteiger partial charge in [0.2, 0.25) is 0 Å². The Balaban J connectivity index is 1.64. The monoisotopic (exact) mass is 297 g/mol. The van der Waals surface area contributed by atoms with Gasteiger partial charge in [-0.3, -0.25) is 0 Å². The van der Waals surface area contributed by atoms with E-state index >= 15 is 0 Å². The Morgan fingerprint density at radius 3 is 3.09 bits per heavy atom. The average Bonchev–Trinajstić information content (AvgIpc) is 2.91. The van der Waals surface area contributed by atoms with Crippen molar-refractivity contribution in [3.63, 3.8) is 0 Å². The predicted octanol–water partition coefficient (Wildman–Crippen LogP) is 3.74. The number of aromatic amines is 1. The molecule has 3 nitrogen and oxygen atoms in total. The van der Waals surface area contributed by atoms with Crippen LogP contribution < -0.4 is 0 Å². The smallest absolute Gasteiger partial charge is 0.130 e. The fourth-order valence-electron chi connectivity index (χ4n) is 5.84. The van der Waals surface area contributed by atoms with Crippen LogP contribution in [0.2, 0.25) is 0 Å². The highest BCUT2D eigenvalue weighted by molar-refractivity contribution is 5.86. The zero-order chi connectivity index (χ0) is 14.9. The molecule has 22 heavy (non-hydrogen) atoms. The van der Waals surface area contributed by atoms with E-state index in [1.165, 1.54) is 66.4 Å². The van der Waals surface area contributed by atoms with Crippen LogP contribution >= 0.6 is 0 Å². The van der Waals surface area contributed by atoms with Crippen LogP contribution in [0.4, 0.5) is 0 Å². The van der Waals surface area contributed by atoms with E-state index < -0.39 is 0 Å². The Hall–Kier alpha value is -1.48. The highest BCUT2D eigenvalue weighted by Gasteiger charge is 2.54. The maximum absolute atomic E-state index is 9.77. The molecule has 4 aliphatic rings. The second-order valence-electron chi connectivity index (χ2n) is 7.81. The first-order chi connectivity index (χ1) is 10.7. The number of aromatic hydroxyl groups is 1. The number of nitrogens with one attached hydrogen (secondary N) is 1. The highest BCUT2D eigenvalue weighted by Crippen LogP contribution is 2.53. The number of aromatic nitrogens is 1. The lowest BCUT2D eigenvalue weighted by Crippen LogP contribution is -2.65. The lowest BCUT2D eigenvalue weighted by Gasteiger charge is -2.59. The summed E-state index contributed by atoms with van der Waals surface area (Å²) >= 11 is 0. The third-order valence-electron chi connectivity index (χ3n) is 6.98. The first kappa shape index (κ1) is 13.0. The van der Waals surface area contributed by atoms with Gasteiger partial charge in [-0.2, -0.15) is 0 Å².